The van der Waals surface area contributed by atoms with Gasteiger partial charge in [-0.05, 0) is 119 Å². The topological polar surface area (TPSA) is 25.8 Å². The molecule has 218 valence electrons. The third kappa shape index (κ3) is 3.21. The van der Waals surface area contributed by atoms with Crippen LogP contribution in [-0.2, 0) is 10.8 Å². The highest BCUT2D eigenvalue weighted by molar-refractivity contribution is 6.28. The minimum atomic E-state index is -0.0992. The molecule has 2 heteroatoms. The molecule has 0 fully saturated rings. The first kappa shape index (κ1) is 25.9. The fourth-order valence-electron chi connectivity index (χ4n) is 8.75. The summed E-state index contributed by atoms with van der Waals surface area (Å²) in [6.45, 7) is 9.59. The zero-order chi connectivity index (χ0) is 30.9. The molecule has 2 aliphatic rings. The number of pyridine rings is 2. The largest absolute Gasteiger partial charge is 0.255 e. The van der Waals surface area contributed by atoms with Crippen LogP contribution in [0.25, 0.3) is 77.1 Å². The number of hydrogen-bond acceptors (Lipinski definition) is 2. The van der Waals surface area contributed by atoms with Crippen molar-refractivity contribution in [1.82, 2.24) is 9.97 Å². The van der Waals surface area contributed by atoms with Crippen LogP contribution >= 0.6 is 0 Å². The summed E-state index contributed by atoms with van der Waals surface area (Å²) in [6.07, 6.45) is 3.81. The second kappa shape index (κ2) is 8.68. The van der Waals surface area contributed by atoms with E-state index < -0.39 is 0 Å². The van der Waals surface area contributed by atoms with Crippen molar-refractivity contribution < 1.29 is 0 Å². The predicted octanol–water partition coefficient (Wildman–Crippen LogP) is 11.3. The molecule has 10 rings (SSSR count). The average Bonchev–Trinajstić information content (AvgIpc) is 3.45. The highest BCUT2D eigenvalue weighted by Gasteiger charge is 2.42. The highest BCUT2D eigenvalue weighted by atomic mass is 14.8. The van der Waals surface area contributed by atoms with Crippen LogP contribution in [0, 0.1) is 0 Å². The molecule has 2 aromatic heterocycles. The van der Waals surface area contributed by atoms with Crippen LogP contribution in [0.2, 0.25) is 0 Å². The number of fused-ring (bicyclic) bond motifs is 7. The summed E-state index contributed by atoms with van der Waals surface area (Å²) in [5.74, 6) is 0. The monoisotopic (exact) mass is 588 g/mol. The van der Waals surface area contributed by atoms with E-state index in [0.717, 1.165) is 17.0 Å². The Hall–Kier alpha value is -5.34. The summed E-state index contributed by atoms with van der Waals surface area (Å²) in [5.41, 5.74) is 15.3. The van der Waals surface area contributed by atoms with Gasteiger partial charge in [0.15, 0.2) is 0 Å². The van der Waals surface area contributed by atoms with Crippen molar-refractivity contribution in [2.45, 2.75) is 38.5 Å². The molecule has 0 N–H and O–H groups in total. The first-order valence-electron chi connectivity index (χ1n) is 16.2. The fraction of sp³-hybridized carbons (Fsp3) is 0.136. The van der Waals surface area contributed by atoms with E-state index in [2.05, 4.69) is 124 Å². The average molecular weight is 589 g/mol. The lowest BCUT2D eigenvalue weighted by Crippen LogP contribution is -2.17. The molecule has 2 nitrogen and oxygen atoms in total. The zero-order valence-electron chi connectivity index (χ0n) is 26.4. The Morgan fingerprint density at radius 1 is 0.457 bits per heavy atom. The van der Waals surface area contributed by atoms with Gasteiger partial charge < -0.3 is 0 Å². The van der Waals surface area contributed by atoms with Gasteiger partial charge >= 0.3 is 0 Å². The van der Waals surface area contributed by atoms with Gasteiger partial charge in [0.25, 0.3) is 0 Å². The van der Waals surface area contributed by atoms with E-state index in [1.807, 2.05) is 30.6 Å². The summed E-state index contributed by atoms with van der Waals surface area (Å²) in [7, 11) is 0. The van der Waals surface area contributed by atoms with Crippen LogP contribution in [-0.4, -0.2) is 9.97 Å². The smallest absolute Gasteiger partial charge is 0.0886 e. The van der Waals surface area contributed by atoms with E-state index in [4.69, 9.17) is 4.98 Å². The normalized spacial score (nSPS) is 15.3. The molecule has 0 bridgehead atoms. The highest BCUT2D eigenvalue weighted by Crippen LogP contribution is 2.58. The minimum absolute atomic E-state index is 0.0350. The van der Waals surface area contributed by atoms with Gasteiger partial charge in [-0.1, -0.05) is 100 Å². The summed E-state index contributed by atoms with van der Waals surface area (Å²) in [6, 6.07) is 40.6. The van der Waals surface area contributed by atoms with Crippen molar-refractivity contribution in [2.75, 3.05) is 0 Å². The molecule has 0 saturated carbocycles. The van der Waals surface area contributed by atoms with Crippen molar-refractivity contribution in [3.8, 4) is 44.8 Å². The van der Waals surface area contributed by atoms with Crippen LogP contribution in [0.15, 0.2) is 122 Å². The first-order chi connectivity index (χ1) is 22.3. The van der Waals surface area contributed by atoms with Crippen LogP contribution in [0.4, 0.5) is 0 Å². The molecule has 0 saturated heterocycles. The van der Waals surface area contributed by atoms with E-state index in [1.54, 1.807) is 0 Å². The maximum atomic E-state index is 4.82. The molecular weight excluding hydrogens is 556 g/mol. The van der Waals surface area contributed by atoms with Crippen LogP contribution < -0.4 is 0 Å². The van der Waals surface area contributed by atoms with Gasteiger partial charge in [0, 0.05) is 28.8 Å². The number of aromatic nitrogens is 2. The summed E-state index contributed by atoms with van der Waals surface area (Å²) in [4.78, 5) is 9.30. The number of benzene rings is 6. The van der Waals surface area contributed by atoms with Crippen LogP contribution in [0.5, 0.6) is 0 Å². The minimum Gasteiger partial charge on any atom is -0.255 e. The van der Waals surface area contributed by atoms with Gasteiger partial charge in [-0.2, -0.15) is 0 Å². The lowest BCUT2D eigenvalue weighted by molar-refractivity contribution is 0.652. The molecule has 0 amide bonds. The van der Waals surface area contributed by atoms with Crippen LogP contribution in [0.1, 0.15) is 49.9 Å². The molecular formula is C44H32N2. The van der Waals surface area contributed by atoms with E-state index in [0.29, 0.717) is 0 Å². The third-order valence-electron chi connectivity index (χ3n) is 11.1. The van der Waals surface area contributed by atoms with E-state index in [9.17, 15) is 0 Å². The van der Waals surface area contributed by atoms with Crippen molar-refractivity contribution >= 4 is 32.3 Å². The molecule has 2 aliphatic carbocycles. The first-order valence-corrected chi connectivity index (χ1v) is 16.2. The van der Waals surface area contributed by atoms with Gasteiger partial charge in [0.1, 0.15) is 0 Å². The SMILES string of the molecule is CC1(C)c2ccccc2-c2cc3c(cc21)-c1c(cc2ccc4c(-c5ccc(-c6ccccn6)nc5)ccc5ccc1c2c54)C3(C)C. The molecule has 0 atom stereocenters. The summed E-state index contributed by atoms with van der Waals surface area (Å²) < 4.78 is 0. The van der Waals surface area contributed by atoms with E-state index >= 15 is 0 Å². The van der Waals surface area contributed by atoms with Gasteiger partial charge in [-0.3, -0.25) is 9.97 Å². The van der Waals surface area contributed by atoms with Crippen molar-refractivity contribution in [3.63, 3.8) is 0 Å². The molecule has 0 radical (unpaired) electrons. The Labute approximate surface area is 268 Å². The fourth-order valence-corrected chi connectivity index (χ4v) is 8.75. The second-order valence-corrected chi connectivity index (χ2v) is 14.2. The third-order valence-corrected chi connectivity index (χ3v) is 11.1. The molecule has 46 heavy (non-hydrogen) atoms. The summed E-state index contributed by atoms with van der Waals surface area (Å²) in [5, 5.41) is 7.91. The number of nitrogens with zero attached hydrogens (tertiary/aromatic N) is 2. The molecule has 6 aromatic carbocycles. The molecule has 2 heterocycles. The van der Waals surface area contributed by atoms with E-state index in [1.165, 1.54) is 82.4 Å². The maximum Gasteiger partial charge on any atom is 0.0886 e. The van der Waals surface area contributed by atoms with Gasteiger partial charge in [-0.15, -0.1) is 0 Å². The lowest BCUT2D eigenvalue weighted by Gasteiger charge is -2.24. The number of rotatable bonds is 2. The Morgan fingerprint density at radius 3 is 1.98 bits per heavy atom. The quantitative estimate of drug-likeness (QED) is 0.188. The Morgan fingerprint density at radius 2 is 1.15 bits per heavy atom. The van der Waals surface area contributed by atoms with Gasteiger partial charge in [-0.25, -0.2) is 0 Å². The Bertz CT molecular complexity index is 2550. The van der Waals surface area contributed by atoms with Crippen molar-refractivity contribution in [2.24, 2.45) is 0 Å². The van der Waals surface area contributed by atoms with Crippen LogP contribution in [0.3, 0.4) is 0 Å². The molecule has 0 unspecified atom stereocenters. The predicted molar refractivity (Wildman–Crippen MR) is 192 cm³/mol. The van der Waals surface area contributed by atoms with Gasteiger partial charge in [0.2, 0.25) is 0 Å². The molecule has 0 spiro atoms. The zero-order valence-corrected chi connectivity index (χ0v) is 26.4. The Kier molecular flexibility index (Phi) is 4.89. The maximum absolute atomic E-state index is 4.82. The number of hydrogen-bond donors (Lipinski definition) is 0. The second-order valence-electron chi connectivity index (χ2n) is 14.2. The Balaban J connectivity index is 1.21. The van der Waals surface area contributed by atoms with E-state index in [-0.39, 0.29) is 10.8 Å². The molecule has 0 aliphatic heterocycles. The van der Waals surface area contributed by atoms with Crippen molar-refractivity contribution in [3.05, 3.63) is 144 Å². The van der Waals surface area contributed by atoms with Crippen molar-refractivity contribution in [1.29, 1.82) is 0 Å². The lowest BCUT2D eigenvalue weighted by atomic mass is 9.79. The standard InChI is InChI=1S/C44H32N2/c1-43(2)34-10-6-5-9-29(34)32-22-36-33(23-35(32)43)42-31-18-13-25-12-16-28(27-15-19-39(46-24-27)38-11-7-8-20-45-38)30-17-14-26(41(31)40(25)30)21-37(42)44(36,3)4/h5-24H,1-4H3. The summed E-state index contributed by atoms with van der Waals surface area (Å²) >= 11 is 0. The molecule has 8 aromatic rings. The van der Waals surface area contributed by atoms with Gasteiger partial charge in [0.05, 0.1) is 11.4 Å².